The van der Waals surface area contributed by atoms with E-state index in [4.69, 9.17) is 4.74 Å². The molecule has 0 amide bonds. The first-order chi connectivity index (χ1) is 7.96. The van der Waals surface area contributed by atoms with Crippen molar-refractivity contribution >= 4 is 5.78 Å². The highest BCUT2D eigenvalue weighted by Gasteiger charge is 2.20. The Labute approximate surface area is 104 Å². The van der Waals surface area contributed by atoms with Crippen LogP contribution >= 0.6 is 0 Å². The van der Waals surface area contributed by atoms with Crippen LogP contribution in [0.3, 0.4) is 0 Å². The first kappa shape index (κ1) is 13.9. The average molecular weight is 234 g/mol. The molecule has 94 valence electrons. The molecule has 0 aliphatic rings. The van der Waals surface area contributed by atoms with Crippen LogP contribution in [-0.4, -0.2) is 19.5 Å². The maximum atomic E-state index is 12.1. The lowest BCUT2D eigenvalue weighted by atomic mass is 9.82. The van der Waals surface area contributed by atoms with E-state index in [2.05, 4.69) is 20.8 Å². The highest BCUT2D eigenvalue weighted by atomic mass is 16.5. The van der Waals surface area contributed by atoms with E-state index >= 15 is 0 Å². The fraction of sp³-hybridized carbons (Fsp3) is 0.533. The monoisotopic (exact) mass is 234 g/mol. The first-order valence-corrected chi connectivity index (χ1v) is 6.08. The summed E-state index contributed by atoms with van der Waals surface area (Å²) < 4.78 is 4.97. The summed E-state index contributed by atoms with van der Waals surface area (Å²) in [5.41, 5.74) is 1.99. The Bertz CT molecular complexity index is 375. The Morgan fingerprint density at radius 2 is 1.88 bits per heavy atom. The molecular weight excluding hydrogens is 212 g/mol. The van der Waals surface area contributed by atoms with Crippen LogP contribution in [0.2, 0.25) is 0 Å². The lowest BCUT2D eigenvalue weighted by Crippen LogP contribution is -2.17. The van der Waals surface area contributed by atoms with Crippen LogP contribution in [0.1, 0.15) is 49.5 Å². The molecule has 2 nitrogen and oxygen atoms in total. The minimum absolute atomic E-state index is 0.00745. The fourth-order valence-electron chi connectivity index (χ4n) is 1.89. The SMILES string of the molecule is COCCCC(=O)c1ccccc1C(C)(C)C. The quantitative estimate of drug-likeness (QED) is 0.575. The number of rotatable bonds is 5. The summed E-state index contributed by atoms with van der Waals surface area (Å²) in [6.07, 6.45) is 1.34. The van der Waals surface area contributed by atoms with Crippen molar-refractivity contribution in [2.24, 2.45) is 0 Å². The van der Waals surface area contributed by atoms with E-state index < -0.39 is 0 Å². The summed E-state index contributed by atoms with van der Waals surface area (Å²) >= 11 is 0. The van der Waals surface area contributed by atoms with Gasteiger partial charge in [0.25, 0.3) is 0 Å². The Balaban J connectivity index is 2.86. The maximum Gasteiger partial charge on any atom is 0.163 e. The second-order valence-electron chi connectivity index (χ2n) is 5.32. The van der Waals surface area contributed by atoms with Crippen molar-refractivity contribution in [1.29, 1.82) is 0 Å². The number of hydrogen-bond donors (Lipinski definition) is 0. The lowest BCUT2D eigenvalue weighted by Gasteiger charge is -2.22. The van der Waals surface area contributed by atoms with Crippen LogP contribution in [0.5, 0.6) is 0 Å². The van der Waals surface area contributed by atoms with Gasteiger partial charge in [0.15, 0.2) is 5.78 Å². The number of carbonyl (C=O) groups is 1. The number of benzene rings is 1. The van der Waals surface area contributed by atoms with Crippen molar-refractivity contribution in [3.8, 4) is 0 Å². The minimum Gasteiger partial charge on any atom is -0.385 e. The topological polar surface area (TPSA) is 26.3 Å². The number of methoxy groups -OCH3 is 1. The first-order valence-electron chi connectivity index (χ1n) is 6.08. The van der Waals surface area contributed by atoms with Crippen LogP contribution in [0.15, 0.2) is 24.3 Å². The Morgan fingerprint density at radius 3 is 2.47 bits per heavy atom. The third-order valence-electron chi connectivity index (χ3n) is 2.79. The summed E-state index contributed by atoms with van der Waals surface area (Å²) in [4.78, 5) is 12.1. The molecule has 1 rings (SSSR count). The van der Waals surface area contributed by atoms with Crippen molar-refractivity contribution in [1.82, 2.24) is 0 Å². The Hall–Kier alpha value is -1.15. The second-order valence-corrected chi connectivity index (χ2v) is 5.32. The zero-order valence-corrected chi connectivity index (χ0v) is 11.2. The van der Waals surface area contributed by atoms with Crippen LogP contribution in [0, 0.1) is 0 Å². The molecule has 0 aliphatic heterocycles. The predicted molar refractivity (Wildman–Crippen MR) is 70.6 cm³/mol. The number of ketones is 1. The van der Waals surface area contributed by atoms with Gasteiger partial charge in [-0.3, -0.25) is 4.79 Å². The molecule has 1 aromatic rings. The maximum absolute atomic E-state index is 12.1. The Kier molecular flexibility index (Phi) is 4.88. The van der Waals surface area contributed by atoms with Crippen molar-refractivity contribution < 1.29 is 9.53 Å². The smallest absolute Gasteiger partial charge is 0.163 e. The van der Waals surface area contributed by atoms with Gasteiger partial charge in [-0.05, 0) is 17.4 Å². The number of carbonyl (C=O) groups excluding carboxylic acids is 1. The molecule has 0 bridgehead atoms. The lowest BCUT2D eigenvalue weighted by molar-refractivity contribution is 0.0961. The molecule has 0 heterocycles. The molecule has 0 atom stereocenters. The summed E-state index contributed by atoms with van der Waals surface area (Å²) in [7, 11) is 1.66. The third-order valence-corrected chi connectivity index (χ3v) is 2.79. The molecule has 0 radical (unpaired) electrons. The van der Waals surface area contributed by atoms with Crippen molar-refractivity contribution in [2.75, 3.05) is 13.7 Å². The van der Waals surface area contributed by atoms with Crippen LogP contribution in [0.4, 0.5) is 0 Å². The Morgan fingerprint density at radius 1 is 1.24 bits per heavy atom. The van der Waals surface area contributed by atoms with E-state index in [0.717, 1.165) is 17.5 Å². The molecular formula is C15H22O2. The van der Waals surface area contributed by atoms with Crippen molar-refractivity contribution in [2.45, 2.75) is 39.0 Å². The summed E-state index contributed by atoms with van der Waals surface area (Å²) in [5.74, 6) is 0.215. The third kappa shape index (κ3) is 3.97. The van der Waals surface area contributed by atoms with E-state index in [0.29, 0.717) is 13.0 Å². The van der Waals surface area contributed by atoms with Crippen LogP contribution in [0.25, 0.3) is 0 Å². The summed E-state index contributed by atoms with van der Waals surface area (Å²) in [5, 5.41) is 0. The van der Waals surface area contributed by atoms with Gasteiger partial charge in [0.1, 0.15) is 0 Å². The molecule has 0 aliphatic carbocycles. The van der Waals surface area contributed by atoms with E-state index in [1.165, 1.54) is 0 Å². The van der Waals surface area contributed by atoms with Crippen molar-refractivity contribution in [3.63, 3.8) is 0 Å². The summed E-state index contributed by atoms with van der Waals surface area (Å²) in [6.45, 7) is 7.04. The van der Waals surface area contributed by atoms with Gasteiger partial charge in [0.2, 0.25) is 0 Å². The number of ether oxygens (including phenoxy) is 1. The van der Waals surface area contributed by atoms with Gasteiger partial charge in [-0.1, -0.05) is 45.0 Å². The normalized spacial score (nSPS) is 11.5. The van der Waals surface area contributed by atoms with E-state index in [9.17, 15) is 4.79 Å². The van der Waals surface area contributed by atoms with E-state index in [1.54, 1.807) is 7.11 Å². The number of Topliss-reactive ketones (excluding diaryl/α,β-unsaturated/α-hetero) is 1. The fourth-order valence-corrected chi connectivity index (χ4v) is 1.89. The average Bonchev–Trinajstić information content (AvgIpc) is 2.28. The molecule has 0 N–H and O–H groups in total. The van der Waals surface area contributed by atoms with Gasteiger partial charge < -0.3 is 4.74 Å². The van der Waals surface area contributed by atoms with Gasteiger partial charge in [0.05, 0.1) is 0 Å². The molecule has 1 aromatic carbocycles. The van der Waals surface area contributed by atoms with Gasteiger partial charge in [-0.2, -0.15) is 0 Å². The molecule has 0 unspecified atom stereocenters. The largest absolute Gasteiger partial charge is 0.385 e. The van der Waals surface area contributed by atoms with E-state index in [1.807, 2.05) is 24.3 Å². The molecule has 0 saturated heterocycles. The predicted octanol–water partition coefficient (Wildman–Crippen LogP) is 3.59. The minimum atomic E-state index is 0.00745. The molecule has 2 heteroatoms. The number of hydrogen-bond acceptors (Lipinski definition) is 2. The highest BCUT2D eigenvalue weighted by molar-refractivity contribution is 5.97. The molecule has 0 fully saturated rings. The van der Waals surface area contributed by atoms with Crippen LogP contribution in [-0.2, 0) is 10.2 Å². The van der Waals surface area contributed by atoms with E-state index in [-0.39, 0.29) is 11.2 Å². The second kappa shape index (κ2) is 5.97. The summed E-state index contributed by atoms with van der Waals surface area (Å²) in [6, 6.07) is 7.89. The molecule has 0 aromatic heterocycles. The molecule has 0 spiro atoms. The molecule has 17 heavy (non-hydrogen) atoms. The highest BCUT2D eigenvalue weighted by Crippen LogP contribution is 2.26. The molecule has 0 saturated carbocycles. The van der Waals surface area contributed by atoms with Gasteiger partial charge >= 0.3 is 0 Å². The standard InChI is InChI=1S/C15H22O2/c1-15(2,3)13-9-6-5-8-12(13)14(16)10-7-11-17-4/h5-6,8-9H,7,10-11H2,1-4H3. The van der Waals surface area contributed by atoms with Crippen LogP contribution < -0.4 is 0 Å². The zero-order chi connectivity index (χ0) is 12.9. The van der Waals surface area contributed by atoms with Crippen molar-refractivity contribution in [3.05, 3.63) is 35.4 Å². The van der Waals surface area contributed by atoms with Gasteiger partial charge in [0, 0.05) is 25.7 Å². The zero-order valence-electron chi connectivity index (χ0n) is 11.2. The van der Waals surface area contributed by atoms with Gasteiger partial charge in [-0.25, -0.2) is 0 Å². The van der Waals surface area contributed by atoms with Gasteiger partial charge in [-0.15, -0.1) is 0 Å².